The molecule has 0 fully saturated rings. The first-order valence-electron chi connectivity index (χ1n) is 3.60. The van der Waals surface area contributed by atoms with E-state index in [1.54, 1.807) is 11.8 Å². The maximum Gasteiger partial charge on any atom is 0.181 e. The monoisotopic (exact) mass is 220 g/mol. The summed E-state index contributed by atoms with van der Waals surface area (Å²) >= 11 is 8.22. The van der Waals surface area contributed by atoms with E-state index in [1.165, 1.54) is 11.5 Å². The van der Waals surface area contributed by atoms with Crippen molar-refractivity contribution in [1.29, 1.82) is 0 Å². The molecule has 1 heterocycles. The summed E-state index contributed by atoms with van der Waals surface area (Å²) in [5, 5.41) is 1.01. The number of thioether (sulfide) groups is 1. The van der Waals surface area contributed by atoms with Crippen molar-refractivity contribution < 1.29 is 0 Å². The van der Waals surface area contributed by atoms with Crippen molar-refractivity contribution in [1.82, 2.24) is 8.94 Å². The highest BCUT2D eigenvalue weighted by atomic mass is 32.2. The van der Waals surface area contributed by atoms with Gasteiger partial charge in [0.25, 0.3) is 0 Å². The van der Waals surface area contributed by atoms with Crippen LogP contribution in [0.1, 0.15) is 20.8 Å². The summed E-state index contributed by atoms with van der Waals surface area (Å²) in [6.45, 7) is 6.41. The summed E-state index contributed by atoms with van der Waals surface area (Å²) in [4.78, 5) is 0. The highest BCUT2D eigenvalue weighted by molar-refractivity contribution is 7.98. The number of nitrogens with zero attached hydrogens (tertiary/aromatic N) is 2. The lowest BCUT2D eigenvalue weighted by molar-refractivity contribution is 0.364. The molecule has 0 saturated heterocycles. The smallest absolute Gasteiger partial charge is 0.181 e. The summed E-state index contributed by atoms with van der Waals surface area (Å²) in [5.41, 5.74) is 0.0441. The van der Waals surface area contributed by atoms with E-state index in [9.17, 15) is 0 Å². The van der Waals surface area contributed by atoms with Crippen molar-refractivity contribution in [3.05, 3.63) is 3.95 Å². The molecule has 5 heteroatoms. The van der Waals surface area contributed by atoms with Crippen molar-refractivity contribution in [2.45, 2.75) is 31.5 Å². The van der Waals surface area contributed by atoms with Gasteiger partial charge in [0.1, 0.15) is 0 Å². The second-order valence-electron chi connectivity index (χ2n) is 3.44. The highest BCUT2D eigenvalue weighted by Crippen LogP contribution is 2.24. The van der Waals surface area contributed by atoms with E-state index >= 15 is 0 Å². The Morgan fingerprint density at radius 2 is 2.08 bits per heavy atom. The van der Waals surface area contributed by atoms with Gasteiger partial charge in [0.2, 0.25) is 0 Å². The molecule has 0 aromatic carbocycles. The Morgan fingerprint density at radius 1 is 1.50 bits per heavy atom. The molecule has 0 bridgehead atoms. The van der Waals surface area contributed by atoms with Crippen LogP contribution in [0, 0.1) is 3.95 Å². The Kier molecular flexibility index (Phi) is 2.96. The van der Waals surface area contributed by atoms with Gasteiger partial charge in [-0.1, -0.05) is 11.8 Å². The van der Waals surface area contributed by atoms with Crippen LogP contribution >= 0.6 is 35.5 Å². The predicted octanol–water partition coefficient (Wildman–Crippen LogP) is 3.15. The second-order valence-corrected chi connectivity index (χ2v) is 5.61. The van der Waals surface area contributed by atoms with Gasteiger partial charge in [-0.15, -0.1) is 0 Å². The number of hydrogen-bond donors (Lipinski definition) is 0. The molecule has 12 heavy (non-hydrogen) atoms. The highest BCUT2D eigenvalue weighted by Gasteiger charge is 2.18. The summed E-state index contributed by atoms with van der Waals surface area (Å²) in [7, 11) is 0. The molecule has 0 saturated carbocycles. The van der Waals surface area contributed by atoms with Crippen LogP contribution in [0.4, 0.5) is 0 Å². The summed E-state index contributed by atoms with van der Waals surface area (Å²) < 4.78 is 7.21. The average molecular weight is 220 g/mol. The molecule has 2 nitrogen and oxygen atoms in total. The minimum Gasteiger partial charge on any atom is -0.296 e. The van der Waals surface area contributed by atoms with Gasteiger partial charge in [-0.05, 0) is 50.8 Å². The number of hydrogen-bond acceptors (Lipinski definition) is 4. The Morgan fingerprint density at radius 3 is 2.42 bits per heavy atom. The third-order valence-corrected chi connectivity index (χ3v) is 3.19. The molecule has 0 amide bonds. The molecular formula is C7H12N2S3. The second kappa shape index (κ2) is 3.47. The van der Waals surface area contributed by atoms with Crippen molar-refractivity contribution >= 4 is 35.5 Å². The van der Waals surface area contributed by atoms with Gasteiger partial charge < -0.3 is 0 Å². The molecule has 0 N–H and O–H groups in total. The topological polar surface area (TPSA) is 17.8 Å². The molecule has 0 unspecified atom stereocenters. The van der Waals surface area contributed by atoms with Crippen LogP contribution in [0.25, 0.3) is 0 Å². The van der Waals surface area contributed by atoms with Crippen molar-refractivity contribution in [3.8, 4) is 0 Å². The normalized spacial score (nSPS) is 12.0. The first-order chi connectivity index (χ1) is 5.46. The van der Waals surface area contributed by atoms with E-state index in [-0.39, 0.29) is 5.54 Å². The molecule has 68 valence electrons. The third kappa shape index (κ3) is 1.89. The van der Waals surface area contributed by atoms with Crippen molar-refractivity contribution in [2.24, 2.45) is 0 Å². The van der Waals surface area contributed by atoms with Gasteiger partial charge >= 0.3 is 0 Å². The zero-order chi connectivity index (χ0) is 9.35. The third-order valence-electron chi connectivity index (χ3n) is 1.43. The number of aromatic nitrogens is 2. The lowest BCUT2D eigenvalue weighted by Crippen LogP contribution is -2.22. The fourth-order valence-corrected chi connectivity index (χ4v) is 3.15. The maximum absolute atomic E-state index is 5.19. The molecule has 0 aliphatic heterocycles. The van der Waals surface area contributed by atoms with Crippen molar-refractivity contribution in [2.75, 3.05) is 6.26 Å². The fourth-order valence-electron chi connectivity index (χ4n) is 0.927. The van der Waals surface area contributed by atoms with E-state index in [1.807, 2.05) is 6.26 Å². The van der Waals surface area contributed by atoms with Gasteiger partial charge in [0, 0.05) is 5.54 Å². The Bertz CT molecular complexity index is 318. The predicted molar refractivity (Wildman–Crippen MR) is 57.7 cm³/mol. The molecule has 0 aliphatic carbocycles. The molecule has 0 aliphatic rings. The summed E-state index contributed by atoms with van der Waals surface area (Å²) in [6, 6.07) is 0. The van der Waals surface area contributed by atoms with Gasteiger partial charge in [-0.25, -0.2) is 0 Å². The molecular weight excluding hydrogens is 208 g/mol. The van der Waals surface area contributed by atoms with Crippen LogP contribution in [-0.2, 0) is 5.54 Å². The van der Waals surface area contributed by atoms with Crippen LogP contribution in [0.5, 0.6) is 0 Å². The van der Waals surface area contributed by atoms with E-state index < -0.39 is 0 Å². The molecule has 0 spiro atoms. The van der Waals surface area contributed by atoms with Gasteiger partial charge in [-0.3, -0.25) is 4.57 Å². The summed E-state index contributed by atoms with van der Waals surface area (Å²) in [6.07, 6.45) is 2.02. The quantitative estimate of drug-likeness (QED) is 0.535. The Labute approximate surface area is 86.2 Å². The first-order valence-corrected chi connectivity index (χ1v) is 6.00. The van der Waals surface area contributed by atoms with Crippen LogP contribution in [0.3, 0.4) is 0 Å². The van der Waals surface area contributed by atoms with Crippen LogP contribution in [0.2, 0.25) is 0 Å². The minimum atomic E-state index is 0.0441. The Balaban J connectivity index is 3.29. The first kappa shape index (κ1) is 10.2. The van der Waals surface area contributed by atoms with E-state index in [0.29, 0.717) is 0 Å². The molecule has 1 rings (SSSR count). The lowest BCUT2D eigenvalue weighted by atomic mass is 10.1. The molecule has 1 aromatic heterocycles. The standard InChI is InChI=1S/C7H12N2S3/c1-7(2,3)9-5(11-4)8-12-6(9)10/h1-4H3. The van der Waals surface area contributed by atoms with Crippen molar-refractivity contribution in [3.63, 3.8) is 0 Å². The largest absolute Gasteiger partial charge is 0.296 e. The van der Waals surface area contributed by atoms with Crippen LogP contribution in [-0.4, -0.2) is 15.2 Å². The molecule has 0 radical (unpaired) electrons. The SMILES string of the molecule is CSc1nsc(=S)n1C(C)(C)C. The van der Waals surface area contributed by atoms with Crippen LogP contribution in [0.15, 0.2) is 5.16 Å². The van der Waals surface area contributed by atoms with Gasteiger partial charge in [0.05, 0.1) is 0 Å². The summed E-state index contributed by atoms with van der Waals surface area (Å²) in [5.74, 6) is 0. The van der Waals surface area contributed by atoms with E-state index in [2.05, 4.69) is 29.7 Å². The van der Waals surface area contributed by atoms with E-state index in [4.69, 9.17) is 12.2 Å². The molecule has 1 aromatic rings. The fraction of sp³-hybridized carbons (Fsp3) is 0.714. The zero-order valence-corrected chi connectivity index (χ0v) is 10.1. The van der Waals surface area contributed by atoms with Gasteiger partial charge in [0.15, 0.2) is 9.11 Å². The Hall–Kier alpha value is 0.130. The lowest BCUT2D eigenvalue weighted by Gasteiger charge is -2.21. The average Bonchev–Trinajstić information content (AvgIpc) is 2.29. The number of rotatable bonds is 1. The minimum absolute atomic E-state index is 0.0441. The van der Waals surface area contributed by atoms with Gasteiger partial charge in [-0.2, -0.15) is 4.37 Å². The van der Waals surface area contributed by atoms with Crippen LogP contribution < -0.4 is 0 Å². The van der Waals surface area contributed by atoms with E-state index in [0.717, 1.165) is 9.11 Å². The zero-order valence-electron chi connectivity index (χ0n) is 7.62. The maximum atomic E-state index is 5.19. The molecule has 0 atom stereocenters.